The average molecular weight is 302 g/mol. The minimum Gasteiger partial charge on any atom is -0.493 e. The van der Waals surface area contributed by atoms with Crippen LogP contribution in [-0.4, -0.2) is 12.4 Å². The van der Waals surface area contributed by atoms with Gasteiger partial charge in [0, 0.05) is 16.0 Å². The fourth-order valence-corrected chi connectivity index (χ4v) is 3.60. The molecule has 2 heterocycles. The molecule has 0 fully saturated rings. The maximum absolute atomic E-state index is 7.47. The van der Waals surface area contributed by atoms with Gasteiger partial charge < -0.3 is 10.5 Å². The van der Waals surface area contributed by atoms with Crippen LogP contribution in [-0.2, 0) is 6.42 Å². The summed E-state index contributed by atoms with van der Waals surface area (Å²) in [6, 6.07) is 12.1. The number of benzene rings is 1. The van der Waals surface area contributed by atoms with Gasteiger partial charge in [0.15, 0.2) is 0 Å². The van der Waals surface area contributed by atoms with Crippen LogP contribution in [0.25, 0.3) is 10.1 Å². The first-order chi connectivity index (χ1) is 9.72. The van der Waals surface area contributed by atoms with Crippen LogP contribution in [0.15, 0.2) is 41.8 Å². The summed E-state index contributed by atoms with van der Waals surface area (Å²) < 4.78 is 6.89. The van der Waals surface area contributed by atoms with Gasteiger partial charge in [-0.2, -0.15) is 0 Å². The van der Waals surface area contributed by atoms with Crippen LogP contribution < -0.4 is 10.5 Å². The lowest BCUT2D eigenvalue weighted by atomic mass is 10.2. The van der Waals surface area contributed by atoms with Gasteiger partial charge >= 0.3 is 0 Å². The molecule has 0 spiro atoms. The number of amidine groups is 1. The maximum Gasteiger partial charge on any atom is 0.133 e. The van der Waals surface area contributed by atoms with Crippen LogP contribution >= 0.6 is 22.7 Å². The Morgan fingerprint density at radius 1 is 1.25 bits per heavy atom. The Bertz CT molecular complexity index is 732. The number of fused-ring (bicyclic) bond motifs is 1. The summed E-state index contributed by atoms with van der Waals surface area (Å²) in [4.78, 5) is 2.14. The highest BCUT2D eigenvalue weighted by atomic mass is 32.1. The maximum atomic E-state index is 7.47. The second kappa shape index (κ2) is 5.64. The summed E-state index contributed by atoms with van der Waals surface area (Å²) in [5, 5.41) is 10.7. The molecule has 0 bridgehead atoms. The second-order valence-electron chi connectivity index (χ2n) is 4.40. The highest BCUT2D eigenvalue weighted by molar-refractivity contribution is 7.20. The van der Waals surface area contributed by atoms with Crippen LogP contribution in [0, 0.1) is 5.41 Å². The predicted molar refractivity (Wildman–Crippen MR) is 86.4 cm³/mol. The van der Waals surface area contributed by atoms with Crippen LogP contribution in [0.2, 0.25) is 0 Å². The van der Waals surface area contributed by atoms with E-state index in [1.165, 1.54) is 16.2 Å². The van der Waals surface area contributed by atoms with E-state index in [-0.39, 0.29) is 5.84 Å². The van der Waals surface area contributed by atoms with Crippen molar-refractivity contribution < 1.29 is 4.74 Å². The molecule has 102 valence electrons. The Kier molecular flexibility index (Phi) is 3.71. The Morgan fingerprint density at radius 3 is 2.90 bits per heavy atom. The second-order valence-corrected chi connectivity index (χ2v) is 6.52. The van der Waals surface area contributed by atoms with Gasteiger partial charge in [-0.05, 0) is 41.1 Å². The van der Waals surface area contributed by atoms with Gasteiger partial charge in [-0.3, -0.25) is 5.41 Å². The van der Waals surface area contributed by atoms with Gasteiger partial charge in [0.1, 0.15) is 11.6 Å². The molecule has 0 saturated heterocycles. The monoisotopic (exact) mass is 302 g/mol. The average Bonchev–Trinajstić information content (AvgIpc) is 3.06. The van der Waals surface area contributed by atoms with Crippen molar-refractivity contribution in [3.63, 3.8) is 0 Å². The number of nitrogen functional groups attached to an aromatic ring is 1. The molecule has 2 aromatic heterocycles. The van der Waals surface area contributed by atoms with E-state index in [9.17, 15) is 0 Å². The first-order valence-electron chi connectivity index (χ1n) is 6.25. The van der Waals surface area contributed by atoms with Crippen molar-refractivity contribution in [1.82, 2.24) is 0 Å². The fourth-order valence-electron chi connectivity index (χ4n) is 1.96. The minimum atomic E-state index is 0.117. The van der Waals surface area contributed by atoms with Crippen molar-refractivity contribution in [2.45, 2.75) is 6.42 Å². The zero-order valence-electron chi connectivity index (χ0n) is 10.8. The number of hydrogen-bond donors (Lipinski definition) is 2. The Hall–Kier alpha value is -1.85. The molecule has 0 aliphatic carbocycles. The summed E-state index contributed by atoms with van der Waals surface area (Å²) >= 11 is 3.28. The predicted octanol–water partition coefficient (Wildman–Crippen LogP) is 3.87. The molecule has 20 heavy (non-hydrogen) atoms. The molecule has 0 amide bonds. The molecular weight excluding hydrogens is 288 g/mol. The summed E-state index contributed by atoms with van der Waals surface area (Å²) in [7, 11) is 0. The molecule has 1 aromatic carbocycles. The molecular formula is C15H14N2OS2. The van der Waals surface area contributed by atoms with Gasteiger partial charge in [-0.1, -0.05) is 6.07 Å². The highest BCUT2D eigenvalue weighted by Gasteiger charge is 2.05. The van der Waals surface area contributed by atoms with E-state index in [1.54, 1.807) is 11.3 Å². The van der Waals surface area contributed by atoms with E-state index in [1.807, 2.05) is 24.3 Å². The number of thiophene rings is 2. The molecule has 0 saturated carbocycles. The van der Waals surface area contributed by atoms with E-state index >= 15 is 0 Å². The van der Waals surface area contributed by atoms with Crippen molar-refractivity contribution in [3.8, 4) is 5.75 Å². The van der Waals surface area contributed by atoms with E-state index in [0.29, 0.717) is 6.61 Å². The standard InChI is InChI=1S/C15H14N2OS2/c16-15(17)14-8-10-3-4-11(9-13(10)20-14)18-6-5-12-2-1-7-19-12/h1-4,7-9H,5-6H2,(H3,16,17). The topological polar surface area (TPSA) is 59.1 Å². The molecule has 0 radical (unpaired) electrons. The molecule has 3 rings (SSSR count). The zero-order valence-corrected chi connectivity index (χ0v) is 12.4. The molecule has 0 unspecified atom stereocenters. The number of hydrogen-bond acceptors (Lipinski definition) is 4. The minimum absolute atomic E-state index is 0.117. The summed E-state index contributed by atoms with van der Waals surface area (Å²) in [6.07, 6.45) is 0.929. The largest absolute Gasteiger partial charge is 0.493 e. The lowest BCUT2D eigenvalue weighted by Gasteiger charge is -2.05. The first-order valence-corrected chi connectivity index (χ1v) is 7.95. The van der Waals surface area contributed by atoms with Crippen molar-refractivity contribution >= 4 is 38.6 Å². The van der Waals surface area contributed by atoms with Crippen LogP contribution in [0.5, 0.6) is 5.75 Å². The molecule has 3 nitrogen and oxygen atoms in total. The number of nitrogens with two attached hydrogens (primary N) is 1. The number of ether oxygens (including phenoxy) is 1. The summed E-state index contributed by atoms with van der Waals surface area (Å²) in [5.41, 5.74) is 5.51. The van der Waals surface area contributed by atoms with Crippen LogP contribution in [0.3, 0.4) is 0 Å². The van der Waals surface area contributed by atoms with Gasteiger partial charge in [0.2, 0.25) is 0 Å². The van der Waals surface area contributed by atoms with Crippen LogP contribution in [0.1, 0.15) is 9.75 Å². The van der Waals surface area contributed by atoms with E-state index < -0.39 is 0 Å². The molecule has 3 N–H and O–H groups in total. The Morgan fingerprint density at radius 2 is 2.15 bits per heavy atom. The molecule has 0 aliphatic rings. The normalized spacial score (nSPS) is 10.8. The van der Waals surface area contributed by atoms with Crippen LogP contribution in [0.4, 0.5) is 0 Å². The van der Waals surface area contributed by atoms with Gasteiger partial charge in [-0.25, -0.2) is 0 Å². The fraction of sp³-hybridized carbons (Fsp3) is 0.133. The number of rotatable bonds is 5. The van der Waals surface area contributed by atoms with Crippen molar-refractivity contribution in [1.29, 1.82) is 5.41 Å². The molecule has 0 atom stereocenters. The van der Waals surface area contributed by atoms with Crippen molar-refractivity contribution in [2.24, 2.45) is 5.73 Å². The summed E-state index contributed by atoms with van der Waals surface area (Å²) in [5.74, 6) is 0.984. The molecule has 3 aromatic rings. The van der Waals surface area contributed by atoms with E-state index in [4.69, 9.17) is 15.9 Å². The SMILES string of the molecule is N=C(N)c1cc2ccc(OCCc3cccs3)cc2s1. The quantitative estimate of drug-likeness (QED) is 0.555. The van der Waals surface area contributed by atoms with Crippen molar-refractivity contribution in [2.75, 3.05) is 6.61 Å². The third kappa shape index (κ3) is 2.84. The smallest absolute Gasteiger partial charge is 0.133 e. The van der Waals surface area contributed by atoms with Gasteiger partial charge in [0.25, 0.3) is 0 Å². The van der Waals surface area contributed by atoms with Gasteiger partial charge in [-0.15, -0.1) is 22.7 Å². The molecule has 0 aliphatic heterocycles. The zero-order chi connectivity index (χ0) is 13.9. The Labute approximate surface area is 125 Å². The highest BCUT2D eigenvalue weighted by Crippen LogP contribution is 2.29. The Balaban J connectivity index is 1.70. The third-order valence-electron chi connectivity index (χ3n) is 2.95. The lowest BCUT2D eigenvalue weighted by Crippen LogP contribution is -2.08. The van der Waals surface area contributed by atoms with E-state index in [2.05, 4.69) is 17.5 Å². The van der Waals surface area contributed by atoms with Crippen molar-refractivity contribution in [3.05, 3.63) is 51.5 Å². The lowest BCUT2D eigenvalue weighted by molar-refractivity contribution is 0.323. The van der Waals surface area contributed by atoms with Gasteiger partial charge in [0.05, 0.1) is 11.5 Å². The summed E-state index contributed by atoms with van der Waals surface area (Å²) in [6.45, 7) is 0.678. The molecule has 5 heteroatoms. The third-order valence-corrected chi connectivity index (χ3v) is 5.02. The first kappa shape index (κ1) is 13.1. The van der Waals surface area contributed by atoms with E-state index in [0.717, 1.165) is 27.1 Å². The number of nitrogens with one attached hydrogen (secondary N) is 1.